The number of carbonyl (C=O) groups is 1. The first-order chi connectivity index (χ1) is 9.13. The highest BCUT2D eigenvalue weighted by Gasteiger charge is 2.20. The fourth-order valence-corrected chi connectivity index (χ4v) is 3.25. The number of carbonyl (C=O) groups excluding carboxylic acids is 1. The normalized spacial score (nSPS) is 12.2. The average molecular weight is 312 g/mol. The fraction of sp³-hybridized carbons (Fsp3) is 0.214. The summed E-state index contributed by atoms with van der Waals surface area (Å²) in [6.45, 7) is 2.50. The number of hydrogen-bond acceptors (Lipinski definition) is 3. The van der Waals surface area contributed by atoms with Crippen LogP contribution in [0.5, 0.6) is 0 Å². The maximum atomic E-state index is 11.9. The van der Waals surface area contributed by atoms with Gasteiger partial charge in [-0.05, 0) is 41.6 Å². The van der Waals surface area contributed by atoms with Crippen LogP contribution in [0, 0.1) is 0 Å². The lowest BCUT2D eigenvalue weighted by atomic mass is 10.1. The van der Waals surface area contributed by atoms with Crippen LogP contribution in [0.4, 0.5) is 0 Å². The van der Waals surface area contributed by atoms with Gasteiger partial charge in [0.15, 0.2) is 0 Å². The Bertz CT molecular complexity index is 565. The molecule has 5 heteroatoms. The van der Waals surface area contributed by atoms with Crippen molar-refractivity contribution in [2.75, 3.05) is 6.54 Å². The Morgan fingerprint density at radius 1 is 1.37 bits per heavy atom. The standard InChI is InChI=1S/C14H14ClNOS2/c1-2-16-14(17)12(18)11-7-8-19-13(11)9-3-5-10(15)6-4-9/h3-8,12,18H,2H2,1H3,(H,16,17). The molecule has 2 nitrogen and oxygen atoms in total. The monoisotopic (exact) mass is 311 g/mol. The third-order valence-corrected chi connectivity index (χ3v) is 4.44. The Kier molecular flexibility index (Phi) is 4.91. The van der Waals surface area contributed by atoms with Gasteiger partial charge < -0.3 is 5.32 Å². The molecule has 1 aromatic carbocycles. The van der Waals surface area contributed by atoms with Crippen molar-refractivity contribution in [3.05, 3.63) is 46.3 Å². The molecule has 0 aliphatic heterocycles. The van der Waals surface area contributed by atoms with E-state index in [9.17, 15) is 4.79 Å². The minimum absolute atomic E-state index is 0.0700. The lowest BCUT2D eigenvalue weighted by Gasteiger charge is -2.11. The number of thiol groups is 1. The van der Waals surface area contributed by atoms with Gasteiger partial charge in [0.1, 0.15) is 5.25 Å². The Morgan fingerprint density at radius 3 is 2.68 bits per heavy atom. The van der Waals surface area contributed by atoms with E-state index in [1.165, 1.54) is 0 Å². The number of likely N-dealkylation sites (N-methyl/N-ethyl adjacent to an activating group) is 1. The third kappa shape index (κ3) is 3.32. The van der Waals surface area contributed by atoms with Crippen LogP contribution in [-0.2, 0) is 4.79 Å². The fourth-order valence-electron chi connectivity index (χ4n) is 1.78. The predicted molar refractivity (Wildman–Crippen MR) is 85.2 cm³/mol. The highest BCUT2D eigenvalue weighted by molar-refractivity contribution is 7.81. The lowest BCUT2D eigenvalue weighted by molar-refractivity contribution is -0.120. The Hall–Kier alpha value is -0.970. The number of rotatable bonds is 4. The zero-order valence-electron chi connectivity index (χ0n) is 10.4. The van der Waals surface area contributed by atoms with Gasteiger partial charge in [0.2, 0.25) is 5.91 Å². The molecule has 1 aromatic heterocycles. The number of thiophene rings is 1. The summed E-state index contributed by atoms with van der Waals surface area (Å²) in [6.07, 6.45) is 0. The summed E-state index contributed by atoms with van der Waals surface area (Å²) in [5.41, 5.74) is 1.99. The molecule has 0 spiro atoms. The van der Waals surface area contributed by atoms with E-state index in [4.69, 9.17) is 11.6 Å². The summed E-state index contributed by atoms with van der Waals surface area (Å²) < 4.78 is 0. The highest BCUT2D eigenvalue weighted by atomic mass is 35.5. The minimum Gasteiger partial charge on any atom is -0.355 e. The number of nitrogens with one attached hydrogen (secondary N) is 1. The van der Waals surface area contributed by atoms with E-state index in [2.05, 4.69) is 17.9 Å². The molecule has 0 aliphatic rings. The van der Waals surface area contributed by atoms with E-state index in [0.717, 1.165) is 16.0 Å². The van der Waals surface area contributed by atoms with Gasteiger partial charge in [-0.3, -0.25) is 4.79 Å². The summed E-state index contributed by atoms with van der Waals surface area (Å²) in [5.74, 6) is -0.0700. The molecule has 1 atom stereocenters. The van der Waals surface area contributed by atoms with Crippen molar-refractivity contribution in [1.29, 1.82) is 0 Å². The summed E-state index contributed by atoms with van der Waals surface area (Å²) in [5, 5.41) is 5.02. The number of hydrogen-bond donors (Lipinski definition) is 2. The second-order valence-corrected chi connectivity index (χ2v) is 5.88. The van der Waals surface area contributed by atoms with Crippen LogP contribution >= 0.6 is 35.6 Å². The van der Waals surface area contributed by atoms with E-state index in [-0.39, 0.29) is 5.91 Å². The summed E-state index contributed by atoms with van der Waals surface area (Å²) in [4.78, 5) is 12.9. The van der Waals surface area contributed by atoms with E-state index in [1.54, 1.807) is 11.3 Å². The molecule has 0 saturated carbocycles. The molecular formula is C14H14ClNOS2. The molecule has 1 unspecified atom stereocenters. The van der Waals surface area contributed by atoms with Crippen LogP contribution < -0.4 is 5.32 Å². The largest absolute Gasteiger partial charge is 0.355 e. The number of benzene rings is 1. The quantitative estimate of drug-likeness (QED) is 0.815. The van der Waals surface area contributed by atoms with Crippen molar-refractivity contribution in [2.45, 2.75) is 12.2 Å². The van der Waals surface area contributed by atoms with Crippen LogP contribution in [0.25, 0.3) is 10.4 Å². The van der Waals surface area contributed by atoms with E-state index in [1.807, 2.05) is 42.6 Å². The first kappa shape index (κ1) is 14.4. The molecule has 0 bridgehead atoms. The molecule has 0 saturated heterocycles. The molecular weight excluding hydrogens is 298 g/mol. The topological polar surface area (TPSA) is 29.1 Å². The second kappa shape index (κ2) is 6.46. The molecule has 2 rings (SSSR count). The van der Waals surface area contributed by atoms with Crippen molar-refractivity contribution in [1.82, 2.24) is 5.32 Å². The zero-order valence-corrected chi connectivity index (χ0v) is 12.9. The van der Waals surface area contributed by atoms with Crippen LogP contribution in [-0.4, -0.2) is 12.5 Å². The Labute approximate surface area is 127 Å². The van der Waals surface area contributed by atoms with Gasteiger partial charge in [-0.2, -0.15) is 12.6 Å². The Morgan fingerprint density at radius 2 is 2.05 bits per heavy atom. The van der Waals surface area contributed by atoms with E-state index >= 15 is 0 Å². The van der Waals surface area contributed by atoms with Crippen LogP contribution in [0.1, 0.15) is 17.7 Å². The molecule has 0 fully saturated rings. The first-order valence-corrected chi connectivity index (χ1v) is 7.70. The van der Waals surface area contributed by atoms with Crippen molar-refractivity contribution in [2.24, 2.45) is 0 Å². The van der Waals surface area contributed by atoms with Crippen LogP contribution in [0.3, 0.4) is 0 Å². The van der Waals surface area contributed by atoms with Crippen LogP contribution in [0.15, 0.2) is 35.7 Å². The average Bonchev–Trinajstić information content (AvgIpc) is 2.88. The van der Waals surface area contributed by atoms with Crippen molar-refractivity contribution in [3.8, 4) is 10.4 Å². The van der Waals surface area contributed by atoms with Crippen molar-refractivity contribution >= 4 is 41.5 Å². The van der Waals surface area contributed by atoms with Gasteiger partial charge in [-0.15, -0.1) is 11.3 Å². The Balaban J connectivity index is 2.32. The molecule has 1 N–H and O–H groups in total. The minimum atomic E-state index is -0.447. The highest BCUT2D eigenvalue weighted by Crippen LogP contribution is 2.36. The zero-order chi connectivity index (χ0) is 13.8. The maximum absolute atomic E-state index is 11.9. The van der Waals surface area contributed by atoms with Gasteiger partial charge in [-0.1, -0.05) is 23.7 Å². The number of amides is 1. The summed E-state index contributed by atoms with van der Waals surface area (Å²) in [6, 6.07) is 9.55. The molecule has 1 heterocycles. The van der Waals surface area contributed by atoms with Gasteiger partial charge in [0, 0.05) is 16.4 Å². The summed E-state index contributed by atoms with van der Waals surface area (Å²) in [7, 11) is 0. The van der Waals surface area contributed by atoms with Crippen LogP contribution in [0.2, 0.25) is 5.02 Å². The lowest BCUT2D eigenvalue weighted by Crippen LogP contribution is -2.26. The van der Waals surface area contributed by atoms with E-state index < -0.39 is 5.25 Å². The molecule has 0 radical (unpaired) electrons. The maximum Gasteiger partial charge on any atom is 0.237 e. The van der Waals surface area contributed by atoms with Gasteiger partial charge in [-0.25, -0.2) is 0 Å². The SMILES string of the molecule is CCNC(=O)C(S)c1ccsc1-c1ccc(Cl)cc1. The molecule has 0 aliphatic carbocycles. The predicted octanol–water partition coefficient (Wildman–Crippen LogP) is 4.18. The third-order valence-electron chi connectivity index (χ3n) is 2.70. The molecule has 100 valence electrons. The van der Waals surface area contributed by atoms with Crippen molar-refractivity contribution < 1.29 is 4.79 Å². The van der Waals surface area contributed by atoms with Gasteiger partial charge >= 0.3 is 0 Å². The van der Waals surface area contributed by atoms with Gasteiger partial charge in [0.05, 0.1) is 0 Å². The van der Waals surface area contributed by atoms with Crippen molar-refractivity contribution in [3.63, 3.8) is 0 Å². The molecule has 19 heavy (non-hydrogen) atoms. The molecule has 1 amide bonds. The summed E-state index contributed by atoms with van der Waals surface area (Å²) >= 11 is 11.9. The number of halogens is 1. The van der Waals surface area contributed by atoms with E-state index in [0.29, 0.717) is 11.6 Å². The first-order valence-electron chi connectivity index (χ1n) is 5.92. The smallest absolute Gasteiger partial charge is 0.237 e. The molecule has 2 aromatic rings. The van der Waals surface area contributed by atoms with Gasteiger partial charge in [0.25, 0.3) is 0 Å². The second-order valence-electron chi connectivity index (χ2n) is 4.01.